The molecule has 1 atom stereocenters. The van der Waals surface area contributed by atoms with Crippen LogP contribution < -0.4 is 10.6 Å². The molecule has 3 amide bonds. The van der Waals surface area contributed by atoms with Crippen LogP contribution >= 0.6 is 11.3 Å². The van der Waals surface area contributed by atoms with Crippen molar-refractivity contribution < 1.29 is 27.6 Å². The standard InChI is InChI=1S/C26H22F3N5O3S/c27-19-3-1-2-17(8-19)12-31-24(36)18-6-4-16(5-7-18)9-22-33-21(14-38-22)25(37)32-13-23(35)34-15-26(28,29)10-20(34)11-30/h1-8,14,20H,9-10,12-13,15H2,(H,31,36)(H,32,37)/t20-/m0/s1. The van der Waals surface area contributed by atoms with Crippen LogP contribution in [0.3, 0.4) is 0 Å². The molecule has 1 fully saturated rings. The molecule has 2 aromatic carbocycles. The predicted molar refractivity (Wildman–Crippen MR) is 132 cm³/mol. The lowest BCUT2D eigenvalue weighted by molar-refractivity contribution is -0.131. The van der Waals surface area contributed by atoms with Crippen molar-refractivity contribution in [1.82, 2.24) is 20.5 Å². The summed E-state index contributed by atoms with van der Waals surface area (Å²) in [5.74, 6) is -5.21. The number of carbonyl (C=O) groups is 3. The van der Waals surface area contributed by atoms with Crippen LogP contribution in [0.1, 0.15) is 43.4 Å². The number of aromatic nitrogens is 1. The Morgan fingerprint density at radius 3 is 2.58 bits per heavy atom. The number of likely N-dealkylation sites (tertiary alicyclic amines) is 1. The van der Waals surface area contributed by atoms with E-state index in [1.54, 1.807) is 42.5 Å². The van der Waals surface area contributed by atoms with Gasteiger partial charge in [0.15, 0.2) is 0 Å². The third-order valence-electron chi connectivity index (χ3n) is 5.84. The number of thiazole rings is 1. The number of amides is 3. The maximum absolute atomic E-state index is 13.5. The molecule has 1 aliphatic rings. The molecule has 4 rings (SSSR count). The summed E-state index contributed by atoms with van der Waals surface area (Å²) in [4.78, 5) is 42.1. The fourth-order valence-corrected chi connectivity index (χ4v) is 4.73. The summed E-state index contributed by atoms with van der Waals surface area (Å²) >= 11 is 1.23. The lowest BCUT2D eigenvalue weighted by Gasteiger charge is -2.19. The third kappa shape index (κ3) is 6.74. The van der Waals surface area contributed by atoms with Crippen LogP contribution in [0.15, 0.2) is 53.9 Å². The number of carbonyl (C=O) groups excluding carboxylic acids is 3. The van der Waals surface area contributed by atoms with Crippen molar-refractivity contribution in [3.8, 4) is 6.07 Å². The van der Waals surface area contributed by atoms with Crippen molar-refractivity contribution in [2.24, 2.45) is 0 Å². The first-order valence-electron chi connectivity index (χ1n) is 11.5. The third-order valence-corrected chi connectivity index (χ3v) is 6.69. The van der Waals surface area contributed by atoms with Crippen LogP contribution in [-0.4, -0.2) is 52.7 Å². The fourth-order valence-electron chi connectivity index (χ4n) is 3.92. The molecule has 38 heavy (non-hydrogen) atoms. The molecule has 12 heteroatoms. The summed E-state index contributed by atoms with van der Waals surface area (Å²) in [6, 6.07) is 13.2. The summed E-state index contributed by atoms with van der Waals surface area (Å²) in [6.45, 7) is -1.19. The van der Waals surface area contributed by atoms with Gasteiger partial charge in [-0.2, -0.15) is 5.26 Å². The molecule has 1 aliphatic heterocycles. The van der Waals surface area contributed by atoms with E-state index < -0.39 is 43.3 Å². The fraction of sp³-hybridized carbons (Fsp3) is 0.269. The van der Waals surface area contributed by atoms with Gasteiger partial charge in [0.1, 0.15) is 17.6 Å². The lowest BCUT2D eigenvalue weighted by Crippen LogP contribution is -2.43. The largest absolute Gasteiger partial charge is 0.348 e. The Bertz CT molecular complexity index is 1390. The van der Waals surface area contributed by atoms with E-state index in [2.05, 4.69) is 15.6 Å². The highest BCUT2D eigenvalue weighted by atomic mass is 32.1. The Morgan fingerprint density at radius 2 is 1.87 bits per heavy atom. The van der Waals surface area contributed by atoms with Gasteiger partial charge in [-0.25, -0.2) is 18.2 Å². The van der Waals surface area contributed by atoms with E-state index in [-0.39, 0.29) is 24.0 Å². The smallest absolute Gasteiger partial charge is 0.271 e. The van der Waals surface area contributed by atoms with Crippen LogP contribution in [0.4, 0.5) is 13.2 Å². The molecule has 196 valence electrons. The zero-order chi connectivity index (χ0) is 27.3. The van der Waals surface area contributed by atoms with Gasteiger partial charge in [0, 0.05) is 30.3 Å². The second-order valence-corrected chi connectivity index (χ2v) is 9.66. The molecule has 2 heterocycles. The van der Waals surface area contributed by atoms with Crippen molar-refractivity contribution in [2.75, 3.05) is 13.1 Å². The topological polar surface area (TPSA) is 115 Å². The van der Waals surface area contributed by atoms with Crippen molar-refractivity contribution >= 4 is 29.1 Å². The summed E-state index contributed by atoms with van der Waals surface area (Å²) in [5.41, 5.74) is 2.01. The quantitative estimate of drug-likeness (QED) is 0.454. The number of hydrogen-bond donors (Lipinski definition) is 2. The number of rotatable bonds is 8. The van der Waals surface area contributed by atoms with E-state index in [0.717, 1.165) is 10.5 Å². The zero-order valence-electron chi connectivity index (χ0n) is 19.9. The molecule has 8 nitrogen and oxygen atoms in total. The highest BCUT2D eigenvalue weighted by Gasteiger charge is 2.47. The number of halogens is 3. The molecular formula is C26H22F3N5O3S. The number of nitrogens with zero attached hydrogens (tertiary/aromatic N) is 3. The number of nitriles is 1. The molecule has 1 aromatic heterocycles. The minimum absolute atomic E-state index is 0.0785. The maximum atomic E-state index is 13.5. The van der Waals surface area contributed by atoms with E-state index in [9.17, 15) is 27.6 Å². The van der Waals surface area contributed by atoms with Crippen LogP contribution in [-0.2, 0) is 17.8 Å². The first-order valence-corrected chi connectivity index (χ1v) is 12.4. The van der Waals surface area contributed by atoms with E-state index in [1.807, 2.05) is 0 Å². The van der Waals surface area contributed by atoms with E-state index in [4.69, 9.17) is 5.26 Å². The average Bonchev–Trinajstić information content (AvgIpc) is 3.49. The maximum Gasteiger partial charge on any atom is 0.271 e. The van der Waals surface area contributed by atoms with Gasteiger partial charge in [-0.15, -0.1) is 11.3 Å². The monoisotopic (exact) mass is 541 g/mol. The number of alkyl halides is 2. The number of hydrogen-bond acceptors (Lipinski definition) is 6. The Balaban J connectivity index is 1.27. The van der Waals surface area contributed by atoms with Crippen molar-refractivity contribution in [2.45, 2.75) is 31.4 Å². The van der Waals surface area contributed by atoms with Crippen molar-refractivity contribution in [3.05, 3.63) is 87.1 Å². The molecule has 0 aliphatic carbocycles. The van der Waals surface area contributed by atoms with E-state index >= 15 is 0 Å². The minimum atomic E-state index is -3.13. The van der Waals surface area contributed by atoms with Gasteiger partial charge in [-0.1, -0.05) is 24.3 Å². The lowest BCUT2D eigenvalue weighted by atomic mass is 10.1. The molecule has 0 unspecified atom stereocenters. The molecule has 2 N–H and O–H groups in total. The van der Waals surface area contributed by atoms with Crippen LogP contribution in [0.25, 0.3) is 0 Å². The SMILES string of the molecule is N#C[C@@H]1CC(F)(F)CN1C(=O)CNC(=O)c1csc(Cc2ccc(C(=O)NCc3cccc(F)c3)cc2)n1. The Labute approximate surface area is 220 Å². The summed E-state index contributed by atoms with van der Waals surface area (Å²) < 4.78 is 40.3. The highest BCUT2D eigenvalue weighted by molar-refractivity contribution is 7.09. The van der Waals surface area contributed by atoms with Gasteiger partial charge < -0.3 is 15.5 Å². The van der Waals surface area contributed by atoms with Gasteiger partial charge in [-0.3, -0.25) is 14.4 Å². The second kappa shape index (κ2) is 11.4. The molecule has 0 bridgehead atoms. The van der Waals surface area contributed by atoms with Gasteiger partial charge in [-0.05, 0) is 35.4 Å². The van der Waals surface area contributed by atoms with Gasteiger partial charge in [0.25, 0.3) is 17.7 Å². The Kier molecular flexibility index (Phi) is 8.07. The Hall–Kier alpha value is -4.24. The van der Waals surface area contributed by atoms with Gasteiger partial charge >= 0.3 is 0 Å². The first kappa shape index (κ1) is 26.8. The van der Waals surface area contributed by atoms with Crippen molar-refractivity contribution in [1.29, 1.82) is 5.26 Å². The molecular weight excluding hydrogens is 519 g/mol. The summed E-state index contributed by atoms with van der Waals surface area (Å²) in [7, 11) is 0. The number of benzene rings is 2. The van der Waals surface area contributed by atoms with Crippen LogP contribution in [0.2, 0.25) is 0 Å². The molecule has 0 saturated carbocycles. The predicted octanol–water partition coefficient (Wildman–Crippen LogP) is 3.29. The molecule has 1 saturated heterocycles. The minimum Gasteiger partial charge on any atom is -0.348 e. The van der Waals surface area contributed by atoms with Crippen LogP contribution in [0.5, 0.6) is 0 Å². The van der Waals surface area contributed by atoms with E-state index in [1.165, 1.54) is 28.8 Å². The molecule has 3 aromatic rings. The highest BCUT2D eigenvalue weighted by Crippen LogP contribution is 2.31. The van der Waals surface area contributed by atoms with E-state index in [0.29, 0.717) is 22.6 Å². The normalized spacial score (nSPS) is 16.1. The zero-order valence-corrected chi connectivity index (χ0v) is 20.7. The number of nitrogens with one attached hydrogen (secondary N) is 2. The summed E-state index contributed by atoms with van der Waals surface area (Å²) in [5, 5.41) is 16.2. The molecule has 0 spiro atoms. The summed E-state index contributed by atoms with van der Waals surface area (Å²) in [6.07, 6.45) is -0.325. The average molecular weight is 542 g/mol. The second-order valence-electron chi connectivity index (χ2n) is 8.72. The van der Waals surface area contributed by atoms with Crippen molar-refractivity contribution in [3.63, 3.8) is 0 Å². The van der Waals surface area contributed by atoms with Gasteiger partial charge in [0.2, 0.25) is 5.91 Å². The molecule has 0 radical (unpaired) electrons. The van der Waals surface area contributed by atoms with Gasteiger partial charge in [0.05, 0.1) is 24.2 Å². The Morgan fingerprint density at radius 1 is 1.11 bits per heavy atom. The first-order chi connectivity index (χ1) is 18.1. The van der Waals surface area contributed by atoms with Crippen LogP contribution in [0, 0.1) is 17.1 Å².